The molecule has 0 radical (unpaired) electrons. The van der Waals surface area contributed by atoms with E-state index in [9.17, 15) is 13.2 Å². The second-order valence-electron chi connectivity index (χ2n) is 5.88. The molecule has 142 valence electrons. The Labute approximate surface area is 148 Å². The summed E-state index contributed by atoms with van der Waals surface area (Å²) < 4.78 is 43.5. The van der Waals surface area contributed by atoms with E-state index in [1.807, 2.05) is 0 Å². The molecular formula is C16H22F3NO4S. The molecule has 1 saturated heterocycles. The summed E-state index contributed by atoms with van der Waals surface area (Å²) >= 11 is 1.78. The van der Waals surface area contributed by atoms with Crippen LogP contribution in [0.4, 0.5) is 13.2 Å². The third-order valence-corrected chi connectivity index (χ3v) is 4.97. The van der Waals surface area contributed by atoms with Gasteiger partial charge in [-0.3, -0.25) is 4.90 Å². The van der Waals surface area contributed by atoms with Gasteiger partial charge in [0.2, 0.25) is 0 Å². The summed E-state index contributed by atoms with van der Waals surface area (Å²) in [6.07, 6.45) is -2.13. The maximum atomic E-state index is 10.6. The Bertz CT molecular complexity index is 538. The Balaban J connectivity index is 0.000000277. The van der Waals surface area contributed by atoms with Crippen molar-refractivity contribution in [2.24, 2.45) is 0 Å². The number of hydrogen-bond donors (Lipinski definition) is 1. The second kappa shape index (κ2) is 8.98. The molecule has 2 fully saturated rings. The zero-order valence-electron chi connectivity index (χ0n) is 13.9. The van der Waals surface area contributed by atoms with Crippen molar-refractivity contribution in [2.45, 2.75) is 50.7 Å². The van der Waals surface area contributed by atoms with E-state index in [-0.39, 0.29) is 6.10 Å². The first-order valence-corrected chi connectivity index (χ1v) is 9.05. The van der Waals surface area contributed by atoms with E-state index in [1.54, 1.807) is 11.3 Å². The van der Waals surface area contributed by atoms with Gasteiger partial charge in [0.15, 0.2) is 0 Å². The fourth-order valence-corrected chi connectivity index (χ4v) is 3.86. The van der Waals surface area contributed by atoms with Crippen LogP contribution in [-0.2, 0) is 20.8 Å². The largest absolute Gasteiger partial charge is 0.490 e. The Kier molecular flexibility index (Phi) is 7.24. The molecule has 0 bridgehead atoms. The van der Waals surface area contributed by atoms with Crippen LogP contribution in [0.3, 0.4) is 0 Å². The number of morpholine rings is 1. The van der Waals surface area contributed by atoms with E-state index < -0.39 is 12.1 Å². The summed E-state index contributed by atoms with van der Waals surface area (Å²) in [7, 11) is 0. The van der Waals surface area contributed by atoms with Crippen molar-refractivity contribution in [1.82, 2.24) is 4.90 Å². The topological polar surface area (TPSA) is 59.0 Å². The maximum absolute atomic E-state index is 10.6. The van der Waals surface area contributed by atoms with E-state index in [2.05, 4.69) is 28.7 Å². The third kappa shape index (κ3) is 5.67. The van der Waals surface area contributed by atoms with E-state index in [0.29, 0.717) is 12.1 Å². The van der Waals surface area contributed by atoms with Gasteiger partial charge >= 0.3 is 12.1 Å². The van der Waals surface area contributed by atoms with E-state index in [4.69, 9.17) is 19.4 Å². The molecule has 2 aliphatic rings. The van der Waals surface area contributed by atoms with Crippen LogP contribution in [-0.4, -0.2) is 60.2 Å². The molecule has 1 aromatic heterocycles. The molecule has 9 heteroatoms. The highest BCUT2D eigenvalue weighted by molar-refractivity contribution is 7.07. The number of thiophene rings is 1. The van der Waals surface area contributed by atoms with Crippen LogP contribution in [0, 0.1) is 0 Å². The van der Waals surface area contributed by atoms with E-state index in [0.717, 1.165) is 32.7 Å². The molecule has 1 saturated carbocycles. The lowest BCUT2D eigenvalue weighted by molar-refractivity contribution is -0.192. The number of alkyl halides is 3. The van der Waals surface area contributed by atoms with Gasteiger partial charge in [-0.2, -0.15) is 24.5 Å². The van der Waals surface area contributed by atoms with Crippen molar-refractivity contribution < 1.29 is 32.5 Å². The molecule has 1 aliphatic carbocycles. The van der Waals surface area contributed by atoms with Crippen molar-refractivity contribution >= 4 is 17.3 Å². The Morgan fingerprint density at radius 3 is 2.76 bits per heavy atom. The van der Waals surface area contributed by atoms with Gasteiger partial charge in [0.05, 0.1) is 18.8 Å². The SMILES string of the molecule is CCO[C@@H]1CC[C@H]2[C@H]1OCCN2Cc1ccsc1.O=C(O)C(F)(F)F. The standard InChI is InChI=1S/C14H21NO2S.C2HF3O2/c1-2-16-13-4-3-12-14(13)17-7-6-15(12)9-11-5-8-18-10-11;3-2(4,5)1(6)7/h5,8,10,12-14H,2-4,6-7,9H2,1H3;(H,6,7)/t12-,13+,14+;/m0./s1. The summed E-state index contributed by atoms with van der Waals surface area (Å²) in [5, 5.41) is 11.5. The predicted octanol–water partition coefficient (Wildman–Crippen LogP) is 3.15. The average molecular weight is 381 g/mol. The van der Waals surface area contributed by atoms with Crippen molar-refractivity contribution in [3.63, 3.8) is 0 Å². The molecule has 1 N–H and O–H groups in total. The monoisotopic (exact) mass is 381 g/mol. The Hall–Kier alpha value is -1.16. The first-order valence-electron chi connectivity index (χ1n) is 8.11. The van der Waals surface area contributed by atoms with Gasteiger partial charge in [0.1, 0.15) is 0 Å². The zero-order chi connectivity index (χ0) is 18.4. The summed E-state index contributed by atoms with van der Waals surface area (Å²) in [6, 6.07) is 2.78. The number of ether oxygens (including phenoxy) is 2. The lowest BCUT2D eigenvalue weighted by atomic mass is 10.1. The number of carboxylic acids is 1. The number of hydrogen-bond acceptors (Lipinski definition) is 5. The highest BCUT2D eigenvalue weighted by atomic mass is 32.1. The van der Waals surface area contributed by atoms with Crippen LogP contribution >= 0.6 is 11.3 Å². The number of carbonyl (C=O) groups is 1. The van der Waals surface area contributed by atoms with Crippen LogP contribution in [0.1, 0.15) is 25.3 Å². The van der Waals surface area contributed by atoms with Gasteiger partial charge in [-0.15, -0.1) is 0 Å². The summed E-state index contributed by atoms with van der Waals surface area (Å²) in [5.41, 5.74) is 1.43. The molecule has 1 aromatic rings. The summed E-state index contributed by atoms with van der Waals surface area (Å²) in [4.78, 5) is 11.5. The number of fused-ring (bicyclic) bond motifs is 1. The molecule has 3 rings (SSSR count). The average Bonchev–Trinajstić information content (AvgIpc) is 3.18. The van der Waals surface area contributed by atoms with Gasteiger partial charge in [0.25, 0.3) is 0 Å². The molecule has 2 heterocycles. The van der Waals surface area contributed by atoms with Crippen LogP contribution < -0.4 is 0 Å². The molecule has 25 heavy (non-hydrogen) atoms. The fourth-order valence-electron chi connectivity index (χ4n) is 3.20. The quantitative estimate of drug-likeness (QED) is 0.868. The first kappa shape index (κ1) is 20.2. The van der Waals surface area contributed by atoms with Gasteiger partial charge in [-0.05, 0) is 42.2 Å². The molecule has 5 nitrogen and oxygen atoms in total. The first-order chi connectivity index (χ1) is 11.8. The highest BCUT2D eigenvalue weighted by Gasteiger charge is 2.43. The Morgan fingerprint density at radius 1 is 1.48 bits per heavy atom. The van der Waals surface area contributed by atoms with Crippen LogP contribution in [0.2, 0.25) is 0 Å². The maximum Gasteiger partial charge on any atom is 0.490 e. The molecule has 0 spiro atoms. The minimum absolute atomic E-state index is 0.289. The van der Waals surface area contributed by atoms with Crippen LogP contribution in [0.15, 0.2) is 16.8 Å². The van der Waals surface area contributed by atoms with Gasteiger partial charge in [-0.1, -0.05) is 0 Å². The fraction of sp³-hybridized carbons (Fsp3) is 0.688. The minimum Gasteiger partial charge on any atom is -0.475 e. The lowest BCUT2D eigenvalue weighted by Gasteiger charge is -2.38. The van der Waals surface area contributed by atoms with Crippen molar-refractivity contribution in [3.8, 4) is 0 Å². The Morgan fingerprint density at radius 2 is 2.20 bits per heavy atom. The number of nitrogens with zero attached hydrogens (tertiary/aromatic N) is 1. The van der Waals surface area contributed by atoms with Crippen molar-refractivity contribution in [1.29, 1.82) is 0 Å². The number of carboxylic acid groups (broad SMARTS) is 1. The summed E-state index contributed by atoms with van der Waals surface area (Å²) in [6.45, 7) is 5.82. The molecule has 3 atom stereocenters. The molecule has 0 aromatic carbocycles. The van der Waals surface area contributed by atoms with Gasteiger partial charge < -0.3 is 14.6 Å². The van der Waals surface area contributed by atoms with E-state index >= 15 is 0 Å². The normalized spacial score (nSPS) is 26.6. The van der Waals surface area contributed by atoms with Crippen LogP contribution in [0.5, 0.6) is 0 Å². The lowest BCUT2D eigenvalue weighted by Crippen LogP contribution is -2.51. The number of halogens is 3. The number of rotatable bonds is 4. The third-order valence-electron chi connectivity index (χ3n) is 4.24. The molecular weight excluding hydrogens is 359 g/mol. The second-order valence-corrected chi connectivity index (χ2v) is 6.66. The smallest absolute Gasteiger partial charge is 0.475 e. The molecule has 0 amide bonds. The summed E-state index contributed by atoms with van der Waals surface area (Å²) in [5.74, 6) is -2.76. The molecule has 0 unspecified atom stereocenters. The van der Waals surface area contributed by atoms with Crippen molar-refractivity contribution in [2.75, 3.05) is 19.8 Å². The zero-order valence-corrected chi connectivity index (χ0v) is 14.7. The highest BCUT2D eigenvalue weighted by Crippen LogP contribution is 2.33. The molecule has 1 aliphatic heterocycles. The van der Waals surface area contributed by atoms with Crippen molar-refractivity contribution in [3.05, 3.63) is 22.4 Å². The predicted molar refractivity (Wildman–Crippen MR) is 86.6 cm³/mol. The van der Waals surface area contributed by atoms with E-state index in [1.165, 1.54) is 12.0 Å². The van der Waals surface area contributed by atoms with Gasteiger partial charge in [0, 0.05) is 25.7 Å². The number of aliphatic carboxylic acids is 1. The minimum atomic E-state index is -5.08. The van der Waals surface area contributed by atoms with Gasteiger partial charge in [-0.25, -0.2) is 4.79 Å². The van der Waals surface area contributed by atoms with Crippen LogP contribution in [0.25, 0.3) is 0 Å².